The van der Waals surface area contributed by atoms with Gasteiger partial charge in [-0.05, 0) is 127 Å². The molecule has 101 heavy (non-hydrogen) atoms. The lowest BCUT2D eigenvalue weighted by atomic mass is 10.00. The number of aryl methyl sites for hydroxylation is 4. The topological polar surface area (TPSA) is 181 Å². The van der Waals surface area contributed by atoms with Crippen LogP contribution >= 0.6 is 23.2 Å². The van der Waals surface area contributed by atoms with Crippen molar-refractivity contribution in [2.24, 2.45) is 0 Å². The zero-order valence-corrected chi connectivity index (χ0v) is 59.1. The van der Waals surface area contributed by atoms with Gasteiger partial charge in [0.15, 0.2) is 5.82 Å². The summed E-state index contributed by atoms with van der Waals surface area (Å²) in [6, 6.07) is 24.9. The Morgan fingerprint density at radius 3 is 1.25 bits per heavy atom. The number of carbonyl (C=O) groups excluding carboxylic acids is 1. The van der Waals surface area contributed by atoms with E-state index in [1.807, 2.05) is 74.4 Å². The molecule has 0 spiro atoms. The van der Waals surface area contributed by atoms with Gasteiger partial charge in [0.2, 0.25) is 17.8 Å². The van der Waals surface area contributed by atoms with Crippen molar-refractivity contribution in [3.8, 4) is 50.6 Å². The number of amides is 1. The second-order valence-corrected chi connectivity index (χ2v) is 26.8. The lowest BCUT2D eigenvalue weighted by Crippen LogP contribution is -2.23. The SMILES string of the molecule is Cc1cn2c(NCc3c(F)ccc4c3CCO4)ncc(-c3ccc(C(=O)N(C)C)c(F)c3Cl)c2n1.Cc1cn2c(NCc3c(F)ccc4c3CCO4)ncc(-c3ccc(CN(C)C)cc3C)c2n1.Cc1cn2c(NCc3c(F)ccc4c3CCO4)ncc(-c3ccc(CN(C)C)cc3Cl)c2n1. The smallest absolute Gasteiger partial charge is 0.256 e. The first-order valence-electron chi connectivity index (χ1n) is 33.0. The molecule has 9 heterocycles. The van der Waals surface area contributed by atoms with Crippen molar-refractivity contribution in [2.75, 3.05) is 78.1 Å². The number of anilines is 3. The van der Waals surface area contributed by atoms with Gasteiger partial charge in [-0.3, -0.25) is 18.0 Å². The molecule has 0 saturated carbocycles. The highest BCUT2D eigenvalue weighted by atomic mass is 35.5. The highest BCUT2D eigenvalue weighted by Gasteiger charge is 2.27. The number of rotatable bonds is 17. The minimum atomic E-state index is -0.804. The number of nitrogens with one attached hydrogen (secondary N) is 3. The van der Waals surface area contributed by atoms with E-state index in [0.717, 1.165) is 98.2 Å². The standard InChI is InChI=1S/C26H28FN5O.C25H22ClF2N5O2.C25H25ClFN5O/c1-16-11-18(15-31(3)4)5-6-19(16)22-13-29-26(32-14-17(2)30-25(22)32)28-12-21-20-9-10-33-24(20)8-7-23(21)27;1-13-12-33-23(31-13)18(15-4-5-16(22(28)21(15)26)24(34)32(2)3)11-30-25(33)29-10-17-14-8-9-35-20(14)7-6-19(17)27;1-15-13-32-24(30-15)20(17-5-4-16(10-21(17)26)14-31(2)3)12-29-25(32)28-11-19-18-8-9-33-23(18)7-6-22(19)27/h5-8,11,13-14H,9-10,12,15H2,1-4H3,(H,28,29);4-7,11-12H,8-10H2,1-3H3,(H,29,30);4-7,10,12-13H,8-9,11,14H2,1-3H3,(H,28,29). The fourth-order valence-electron chi connectivity index (χ4n) is 13.2. The summed E-state index contributed by atoms with van der Waals surface area (Å²) in [7, 11) is 11.3. The van der Waals surface area contributed by atoms with Crippen LogP contribution in [0.25, 0.3) is 50.3 Å². The molecular formula is C76H75Cl2F4N15O4. The lowest BCUT2D eigenvalue weighted by molar-refractivity contribution is 0.0823. The quantitative estimate of drug-likeness (QED) is 0.0732. The van der Waals surface area contributed by atoms with Crippen LogP contribution < -0.4 is 30.2 Å². The maximum absolute atomic E-state index is 15.0. The van der Waals surface area contributed by atoms with Crippen LogP contribution in [-0.2, 0) is 52.0 Å². The molecule has 3 aliphatic heterocycles. The molecule has 3 aliphatic rings. The third kappa shape index (κ3) is 14.3. The number of imidazole rings is 3. The number of hydrogen-bond donors (Lipinski definition) is 3. The van der Waals surface area contributed by atoms with Crippen LogP contribution in [-0.4, -0.2) is 126 Å². The number of ether oxygens (including phenoxy) is 3. The third-order valence-electron chi connectivity index (χ3n) is 17.8. The van der Waals surface area contributed by atoms with E-state index in [9.17, 15) is 18.0 Å². The third-order valence-corrected chi connectivity index (χ3v) is 18.5. The average molecular weight is 1410 g/mol. The molecule has 1 amide bonds. The van der Waals surface area contributed by atoms with Crippen molar-refractivity contribution in [1.82, 2.24) is 57.8 Å². The van der Waals surface area contributed by atoms with Gasteiger partial charge in [-0.25, -0.2) is 47.5 Å². The number of benzene rings is 6. The monoisotopic (exact) mass is 1410 g/mol. The van der Waals surface area contributed by atoms with Crippen LogP contribution in [0.3, 0.4) is 0 Å². The Bertz CT molecular complexity index is 4980. The van der Waals surface area contributed by atoms with E-state index in [-0.39, 0.29) is 34.6 Å². The van der Waals surface area contributed by atoms with Crippen LogP contribution in [0, 0.1) is 51.0 Å². The summed E-state index contributed by atoms with van der Waals surface area (Å²) >= 11 is 13.0. The molecule has 0 atom stereocenters. The Hall–Kier alpha value is -10.3. The molecule has 25 heteroatoms. The van der Waals surface area contributed by atoms with Gasteiger partial charge in [0, 0.05) is 169 Å². The first-order valence-corrected chi connectivity index (χ1v) is 33.8. The van der Waals surface area contributed by atoms with Crippen molar-refractivity contribution in [3.63, 3.8) is 0 Å². The summed E-state index contributed by atoms with van der Waals surface area (Å²) in [5.41, 5.74) is 17.1. The van der Waals surface area contributed by atoms with Crippen LogP contribution in [0.1, 0.15) is 77.5 Å². The van der Waals surface area contributed by atoms with Crippen molar-refractivity contribution in [1.29, 1.82) is 0 Å². The van der Waals surface area contributed by atoms with Gasteiger partial charge in [0.05, 0.1) is 47.5 Å². The van der Waals surface area contributed by atoms with Gasteiger partial charge in [0.1, 0.15) is 51.6 Å². The predicted molar refractivity (Wildman–Crippen MR) is 386 cm³/mol. The first-order chi connectivity index (χ1) is 48.6. The molecule has 6 aromatic heterocycles. The van der Waals surface area contributed by atoms with E-state index in [0.29, 0.717) is 114 Å². The Morgan fingerprint density at radius 2 is 0.861 bits per heavy atom. The van der Waals surface area contributed by atoms with Gasteiger partial charge in [-0.2, -0.15) is 0 Å². The lowest BCUT2D eigenvalue weighted by Gasteiger charge is -2.15. The summed E-state index contributed by atoms with van der Waals surface area (Å²) in [4.78, 5) is 45.7. The fourth-order valence-corrected chi connectivity index (χ4v) is 13.7. The molecular weight excluding hydrogens is 1330 g/mol. The molecule has 0 bridgehead atoms. The summed E-state index contributed by atoms with van der Waals surface area (Å²) < 4.78 is 81.0. The van der Waals surface area contributed by atoms with E-state index >= 15 is 4.39 Å². The molecule has 15 rings (SSSR count). The Balaban J connectivity index is 0.000000136. The number of halogens is 6. The van der Waals surface area contributed by atoms with Gasteiger partial charge < -0.3 is 44.9 Å². The molecule has 520 valence electrons. The minimum absolute atomic E-state index is 0.119. The Morgan fingerprint density at radius 1 is 0.485 bits per heavy atom. The number of hydrogen-bond acceptors (Lipinski definition) is 15. The van der Waals surface area contributed by atoms with Crippen molar-refractivity contribution in [2.45, 2.75) is 79.7 Å². The molecule has 3 N–H and O–H groups in total. The van der Waals surface area contributed by atoms with E-state index in [1.54, 1.807) is 55.2 Å². The van der Waals surface area contributed by atoms with Crippen LogP contribution in [0.15, 0.2) is 122 Å². The van der Waals surface area contributed by atoms with Gasteiger partial charge >= 0.3 is 0 Å². The molecule has 12 aromatic rings. The molecule has 6 aromatic carbocycles. The average Bonchev–Trinajstić information content (AvgIpc) is 1.61. The zero-order valence-electron chi connectivity index (χ0n) is 57.6. The van der Waals surface area contributed by atoms with Gasteiger partial charge in [-0.15, -0.1) is 0 Å². The largest absolute Gasteiger partial charge is 0.493 e. The highest BCUT2D eigenvalue weighted by molar-refractivity contribution is 6.34. The van der Waals surface area contributed by atoms with Crippen molar-refractivity contribution < 1.29 is 36.6 Å². The second kappa shape index (κ2) is 29.1. The van der Waals surface area contributed by atoms with E-state index in [1.165, 1.54) is 46.5 Å². The van der Waals surface area contributed by atoms with Gasteiger partial charge in [0.25, 0.3) is 5.91 Å². The maximum Gasteiger partial charge on any atom is 0.256 e. The zero-order chi connectivity index (χ0) is 71.1. The minimum Gasteiger partial charge on any atom is -0.493 e. The number of carbonyl (C=O) groups is 1. The molecule has 0 unspecified atom stereocenters. The number of aromatic nitrogens is 9. The second-order valence-electron chi connectivity index (χ2n) is 26.0. The summed E-state index contributed by atoms with van der Waals surface area (Å²) in [6.07, 6.45) is 12.9. The normalized spacial score (nSPS) is 12.8. The number of fused-ring (bicyclic) bond motifs is 6. The van der Waals surface area contributed by atoms with Gasteiger partial charge in [-0.1, -0.05) is 59.6 Å². The summed E-state index contributed by atoms with van der Waals surface area (Å²) in [5, 5.41) is 10.3. The molecule has 0 radical (unpaired) electrons. The Labute approximate surface area is 591 Å². The molecule has 0 aliphatic carbocycles. The fraction of sp³-hybridized carbons (Fsp3) is 0.276. The van der Waals surface area contributed by atoms with Crippen LogP contribution in [0.2, 0.25) is 10.0 Å². The highest BCUT2D eigenvalue weighted by Crippen LogP contribution is 2.39. The van der Waals surface area contributed by atoms with E-state index in [4.69, 9.17) is 52.4 Å². The molecule has 0 saturated heterocycles. The molecule has 0 fully saturated rings. The summed E-state index contributed by atoms with van der Waals surface area (Å²) in [5.74, 6) is 1.81. The first kappa shape index (κ1) is 69.2. The predicted octanol–water partition coefficient (Wildman–Crippen LogP) is 14.8. The van der Waals surface area contributed by atoms with Crippen LogP contribution in [0.4, 0.5) is 35.4 Å². The number of nitrogens with zero attached hydrogens (tertiary/aromatic N) is 12. The van der Waals surface area contributed by atoms with Crippen molar-refractivity contribution in [3.05, 3.63) is 228 Å². The van der Waals surface area contributed by atoms with Crippen LogP contribution in [0.5, 0.6) is 17.2 Å². The Kier molecular flexibility index (Phi) is 19.9. The summed E-state index contributed by atoms with van der Waals surface area (Å²) in [6.45, 7) is 12.1. The van der Waals surface area contributed by atoms with Crippen molar-refractivity contribution >= 4 is 63.9 Å². The van der Waals surface area contributed by atoms with E-state index < -0.39 is 11.7 Å². The maximum atomic E-state index is 15.0. The molecule has 19 nitrogen and oxygen atoms in total. The van der Waals surface area contributed by atoms with E-state index in [2.05, 4.69) is 86.0 Å².